The molecule has 0 aliphatic carbocycles. The van der Waals surface area contributed by atoms with Crippen LogP contribution in [0.15, 0.2) is 18.2 Å². The summed E-state index contributed by atoms with van der Waals surface area (Å²) >= 11 is 0. The van der Waals surface area contributed by atoms with Gasteiger partial charge in [0, 0.05) is 31.8 Å². The lowest BCUT2D eigenvalue weighted by Crippen LogP contribution is -2.36. The van der Waals surface area contributed by atoms with Gasteiger partial charge in [0.15, 0.2) is 0 Å². The number of nitrogens with zero attached hydrogens (tertiary/aromatic N) is 3. The topological polar surface area (TPSA) is 113 Å². The van der Waals surface area contributed by atoms with Gasteiger partial charge in [-0.25, -0.2) is 9.78 Å². The van der Waals surface area contributed by atoms with Crippen molar-refractivity contribution in [1.82, 2.24) is 15.3 Å². The zero-order valence-corrected chi connectivity index (χ0v) is 15.1. The molecule has 1 aromatic carbocycles. The second-order valence-electron chi connectivity index (χ2n) is 7.50. The second-order valence-corrected chi connectivity index (χ2v) is 7.50. The number of benzene rings is 1. The van der Waals surface area contributed by atoms with Gasteiger partial charge in [-0.2, -0.15) is 0 Å². The number of non-ortho nitro benzene ring substituents is 1. The Kier molecular flexibility index (Phi) is 4.71. The van der Waals surface area contributed by atoms with Crippen molar-refractivity contribution in [2.24, 2.45) is 5.92 Å². The minimum Gasteiger partial charge on any atom is -0.444 e. The largest absolute Gasteiger partial charge is 0.444 e. The van der Waals surface area contributed by atoms with Gasteiger partial charge in [-0.1, -0.05) is 0 Å². The van der Waals surface area contributed by atoms with E-state index in [2.05, 4.69) is 20.2 Å². The van der Waals surface area contributed by atoms with Gasteiger partial charge >= 0.3 is 6.09 Å². The molecule has 1 aromatic heterocycles. The van der Waals surface area contributed by atoms with Crippen LogP contribution >= 0.6 is 0 Å². The third kappa shape index (κ3) is 4.22. The molecule has 2 N–H and O–H groups in total. The number of carbonyl (C=O) groups is 1. The maximum atomic E-state index is 11.8. The van der Waals surface area contributed by atoms with E-state index >= 15 is 0 Å². The monoisotopic (exact) mass is 361 g/mol. The van der Waals surface area contributed by atoms with Gasteiger partial charge in [0.05, 0.1) is 16.0 Å². The lowest BCUT2D eigenvalue weighted by molar-refractivity contribution is -0.384. The average molecular weight is 361 g/mol. The molecule has 9 nitrogen and oxygen atoms in total. The predicted molar refractivity (Wildman–Crippen MR) is 97.3 cm³/mol. The third-order valence-electron chi connectivity index (χ3n) is 4.18. The molecule has 0 saturated carbocycles. The zero-order chi connectivity index (χ0) is 18.9. The maximum absolute atomic E-state index is 11.8. The summed E-state index contributed by atoms with van der Waals surface area (Å²) < 4.78 is 5.24. The molecule has 0 spiro atoms. The number of hydrogen-bond acceptors (Lipinski definition) is 6. The van der Waals surface area contributed by atoms with Gasteiger partial charge in [-0.05, 0) is 39.2 Å². The van der Waals surface area contributed by atoms with E-state index in [1.165, 1.54) is 12.1 Å². The Balaban J connectivity index is 1.59. The summed E-state index contributed by atoms with van der Waals surface area (Å²) in [5.41, 5.74) is 0.863. The number of rotatable bonds is 4. The van der Waals surface area contributed by atoms with Crippen LogP contribution in [0.1, 0.15) is 27.2 Å². The van der Waals surface area contributed by atoms with E-state index < -0.39 is 16.6 Å². The van der Waals surface area contributed by atoms with Crippen LogP contribution in [0.2, 0.25) is 0 Å². The van der Waals surface area contributed by atoms with Crippen LogP contribution in [-0.2, 0) is 4.74 Å². The van der Waals surface area contributed by atoms with Crippen molar-refractivity contribution in [2.45, 2.75) is 32.8 Å². The molecule has 0 radical (unpaired) electrons. The van der Waals surface area contributed by atoms with E-state index in [9.17, 15) is 14.9 Å². The molecule has 1 aliphatic rings. The molecule has 26 heavy (non-hydrogen) atoms. The molecule has 1 amide bonds. The van der Waals surface area contributed by atoms with Gasteiger partial charge in [-0.3, -0.25) is 10.1 Å². The first-order valence-corrected chi connectivity index (χ1v) is 8.57. The molecule has 1 fully saturated rings. The number of H-pyrrole nitrogens is 1. The quantitative estimate of drug-likeness (QED) is 0.639. The number of hydrogen-bond donors (Lipinski definition) is 2. The minimum atomic E-state index is -0.511. The third-order valence-corrected chi connectivity index (χ3v) is 4.18. The van der Waals surface area contributed by atoms with E-state index in [0.29, 0.717) is 29.4 Å². The predicted octanol–water partition coefficient (Wildman–Crippen LogP) is 2.82. The smallest absolute Gasteiger partial charge is 0.407 e. The number of amides is 1. The number of aromatic nitrogens is 2. The van der Waals surface area contributed by atoms with E-state index in [-0.39, 0.29) is 5.69 Å². The fraction of sp³-hybridized carbons (Fsp3) is 0.529. The Hall–Kier alpha value is -2.84. The number of ether oxygens (including phenoxy) is 1. The number of nitrogens with one attached hydrogen (secondary N) is 2. The number of imidazole rings is 1. The number of alkyl carbamates (subject to hydrolysis) is 1. The highest BCUT2D eigenvalue weighted by Gasteiger charge is 2.26. The highest BCUT2D eigenvalue weighted by atomic mass is 16.6. The Morgan fingerprint density at radius 1 is 1.50 bits per heavy atom. The van der Waals surface area contributed by atoms with E-state index in [1.807, 2.05) is 20.8 Å². The molecule has 1 atom stereocenters. The molecule has 9 heteroatoms. The summed E-state index contributed by atoms with van der Waals surface area (Å²) in [6, 6.07) is 4.58. The zero-order valence-electron chi connectivity index (χ0n) is 15.1. The normalized spacial score (nSPS) is 17.5. The SMILES string of the molecule is CC(C)(C)OC(=O)NC[C@@H]1CCN(c2nc3ccc([N+](=O)[O-])cc3[nH]2)C1. The van der Waals surface area contributed by atoms with Crippen LogP contribution in [-0.4, -0.2) is 46.2 Å². The fourth-order valence-electron chi connectivity index (χ4n) is 2.98. The summed E-state index contributed by atoms with van der Waals surface area (Å²) in [4.78, 5) is 32.0. The van der Waals surface area contributed by atoms with Crippen LogP contribution in [0, 0.1) is 16.0 Å². The van der Waals surface area contributed by atoms with Crippen molar-refractivity contribution in [3.63, 3.8) is 0 Å². The van der Waals surface area contributed by atoms with Gasteiger partial charge in [0.1, 0.15) is 5.60 Å². The highest BCUT2D eigenvalue weighted by molar-refractivity contribution is 5.80. The fourth-order valence-corrected chi connectivity index (χ4v) is 2.98. The van der Waals surface area contributed by atoms with Crippen LogP contribution in [0.3, 0.4) is 0 Å². The Bertz CT molecular complexity index is 826. The molecule has 2 aromatic rings. The minimum absolute atomic E-state index is 0.0357. The molecule has 140 valence electrons. The van der Waals surface area contributed by atoms with Gasteiger partial charge < -0.3 is 19.9 Å². The molecular weight excluding hydrogens is 338 g/mol. The first-order chi connectivity index (χ1) is 12.2. The van der Waals surface area contributed by atoms with Crippen LogP contribution in [0.25, 0.3) is 11.0 Å². The highest BCUT2D eigenvalue weighted by Crippen LogP contribution is 2.26. The number of nitro benzene ring substituents is 1. The molecule has 2 heterocycles. The Labute approximate surface area is 150 Å². The number of fused-ring (bicyclic) bond motifs is 1. The summed E-state index contributed by atoms with van der Waals surface area (Å²) in [6.07, 6.45) is 0.513. The summed E-state index contributed by atoms with van der Waals surface area (Å²) in [7, 11) is 0. The number of aromatic amines is 1. The Morgan fingerprint density at radius 2 is 2.27 bits per heavy atom. The van der Waals surface area contributed by atoms with Crippen molar-refractivity contribution in [1.29, 1.82) is 0 Å². The van der Waals surface area contributed by atoms with E-state index in [1.54, 1.807) is 6.07 Å². The van der Waals surface area contributed by atoms with Crippen molar-refractivity contribution in [2.75, 3.05) is 24.5 Å². The number of carbonyl (C=O) groups excluding carboxylic acids is 1. The van der Waals surface area contributed by atoms with Crippen LogP contribution in [0.5, 0.6) is 0 Å². The van der Waals surface area contributed by atoms with Gasteiger partial charge in [-0.15, -0.1) is 0 Å². The van der Waals surface area contributed by atoms with E-state index in [0.717, 1.165) is 19.5 Å². The standard InChI is InChI=1S/C17H23N5O4/c1-17(2,3)26-16(23)18-9-11-6-7-21(10-11)15-19-13-5-4-12(22(24)25)8-14(13)20-15/h4-5,8,11H,6-7,9-10H2,1-3H3,(H,18,23)(H,19,20)/t11-/m0/s1. The lowest BCUT2D eigenvalue weighted by atomic mass is 10.1. The van der Waals surface area contributed by atoms with E-state index in [4.69, 9.17) is 4.74 Å². The second kappa shape index (κ2) is 6.81. The van der Waals surface area contributed by atoms with Crippen molar-refractivity contribution in [3.8, 4) is 0 Å². The molecule has 1 aliphatic heterocycles. The molecule has 1 saturated heterocycles. The average Bonchev–Trinajstić information content (AvgIpc) is 3.16. The first-order valence-electron chi connectivity index (χ1n) is 8.57. The summed E-state index contributed by atoms with van der Waals surface area (Å²) in [5.74, 6) is 0.991. The Morgan fingerprint density at radius 3 is 2.96 bits per heavy atom. The van der Waals surface area contributed by atoms with Crippen LogP contribution in [0.4, 0.5) is 16.4 Å². The maximum Gasteiger partial charge on any atom is 0.407 e. The van der Waals surface area contributed by atoms with Gasteiger partial charge in [0.2, 0.25) is 5.95 Å². The van der Waals surface area contributed by atoms with Crippen molar-refractivity contribution < 1.29 is 14.5 Å². The lowest BCUT2D eigenvalue weighted by Gasteiger charge is -2.20. The molecule has 3 rings (SSSR count). The first kappa shape index (κ1) is 18.0. The number of nitro groups is 1. The summed E-state index contributed by atoms with van der Waals surface area (Å²) in [6.45, 7) is 7.58. The van der Waals surface area contributed by atoms with Crippen molar-refractivity contribution in [3.05, 3.63) is 28.3 Å². The molecule has 0 unspecified atom stereocenters. The summed E-state index contributed by atoms with van der Waals surface area (Å²) in [5, 5.41) is 13.7. The molecule has 0 bridgehead atoms. The number of anilines is 1. The van der Waals surface area contributed by atoms with Gasteiger partial charge in [0.25, 0.3) is 5.69 Å². The van der Waals surface area contributed by atoms with Crippen LogP contribution < -0.4 is 10.2 Å². The molecular formula is C17H23N5O4. The van der Waals surface area contributed by atoms with Crippen molar-refractivity contribution >= 4 is 28.8 Å².